The molecule has 0 aromatic heterocycles. The quantitative estimate of drug-likeness (QED) is 0.544. The number of ether oxygens (including phenoxy) is 2. The van der Waals surface area contributed by atoms with Gasteiger partial charge in [-0.15, -0.1) is 0 Å². The van der Waals surface area contributed by atoms with E-state index in [1.807, 2.05) is 6.07 Å². The molecule has 0 aliphatic carbocycles. The Morgan fingerprint density at radius 2 is 1.83 bits per heavy atom. The van der Waals surface area contributed by atoms with E-state index in [0.29, 0.717) is 5.75 Å². The highest BCUT2D eigenvalue weighted by Crippen LogP contribution is 2.26. The molecule has 1 unspecified atom stereocenters. The summed E-state index contributed by atoms with van der Waals surface area (Å²) >= 11 is 0. The molecule has 6 heteroatoms. The molecule has 4 N–H and O–H groups in total. The maximum absolute atomic E-state index is 9.74. The first-order chi connectivity index (χ1) is 8.63. The van der Waals surface area contributed by atoms with Crippen LogP contribution >= 0.6 is 0 Å². The molecule has 5 atom stereocenters. The van der Waals surface area contributed by atoms with Gasteiger partial charge in [-0.1, -0.05) is 18.2 Å². The molecule has 100 valence electrons. The van der Waals surface area contributed by atoms with Crippen LogP contribution in [0.15, 0.2) is 30.3 Å². The first kappa shape index (κ1) is 13.3. The fourth-order valence-electron chi connectivity index (χ4n) is 1.82. The SMILES string of the molecule is OCC(O)[C@H]1O[C@@H](Oc2ccccc2)[C@H](O)[C@H]1O. The topological polar surface area (TPSA) is 99.4 Å². The molecule has 1 aliphatic rings. The van der Waals surface area contributed by atoms with E-state index >= 15 is 0 Å². The lowest BCUT2D eigenvalue weighted by Crippen LogP contribution is -2.40. The fourth-order valence-corrected chi connectivity index (χ4v) is 1.82. The lowest BCUT2D eigenvalue weighted by Gasteiger charge is -2.18. The van der Waals surface area contributed by atoms with Gasteiger partial charge in [-0.2, -0.15) is 0 Å². The Balaban J connectivity index is 2.03. The lowest BCUT2D eigenvalue weighted by molar-refractivity contribution is -0.137. The third-order valence-corrected chi connectivity index (χ3v) is 2.82. The Bertz CT molecular complexity index is 370. The van der Waals surface area contributed by atoms with Crippen LogP contribution in [0.3, 0.4) is 0 Å². The van der Waals surface area contributed by atoms with Crippen molar-refractivity contribution in [3.8, 4) is 5.75 Å². The Morgan fingerprint density at radius 1 is 1.17 bits per heavy atom. The third-order valence-electron chi connectivity index (χ3n) is 2.82. The Hall–Kier alpha value is -1.18. The summed E-state index contributed by atoms with van der Waals surface area (Å²) in [4.78, 5) is 0. The monoisotopic (exact) mass is 256 g/mol. The summed E-state index contributed by atoms with van der Waals surface area (Å²) in [7, 11) is 0. The van der Waals surface area contributed by atoms with Crippen LogP contribution in [0.5, 0.6) is 5.75 Å². The Labute approximate surface area is 104 Å². The summed E-state index contributed by atoms with van der Waals surface area (Å²) in [5.41, 5.74) is 0. The maximum Gasteiger partial charge on any atom is 0.229 e. The van der Waals surface area contributed by atoms with Gasteiger partial charge in [-0.05, 0) is 12.1 Å². The third kappa shape index (κ3) is 2.63. The van der Waals surface area contributed by atoms with Crippen molar-refractivity contribution in [2.75, 3.05) is 6.61 Å². The van der Waals surface area contributed by atoms with Crippen molar-refractivity contribution in [1.29, 1.82) is 0 Å². The molecule has 1 fully saturated rings. The standard InChI is InChI=1S/C12H16O6/c13-6-8(14)11-9(15)10(16)12(18-11)17-7-4-2-1-3-5-7/h1-5,8-16H,6H2/t8?,9-,10-,11-,12-/m1/s1. The second kappa shape index (κ2) is 5.64. The predicted molar refractivity (Wildman–Crippen MR) is 60.8 cm³/mol. The molecule has 1 aromatic rings. The number of aliphatic hydroxyl groups is 4. The van der Waals surface area contributed by atoms with Gasteiger partial charge in [0.05, 0.1) is 6.61 Å². The zero-order valence-electron chi connectivity index (χ0n) is 9.59. The number of para-hydroxylation sites is 1. The molecule has 0 radical (unpaired) electrons. The smallest absolute Gasteiger partial charge is 0.229 e. The average molecular weight is 256 g/mol. The lowest BCUT2D eigenvalue weighted by atomic mass is 10.1. The first-order valence-corrected chi connectivity index (χ1v) is 5.65. The zero-order chi connectivity index (χ0) is 13.1. The minimum atomic E-state index is -1.30. The van der Waals surface area contributed by atoms with Crippen molar-refractivity contribution in [2.24, 2.45) is 0 Å². The summed E-state index contributed by atoms with van der Waals surface area (Å²) in [6.07, 6.45) is -6.00. The number of rotatable bonds is 4. The molecule has 18 heavy (non-hydrogen) atoms. The van der Waals surface area contributed by atoms with E-state index < -0.39 is 37.3 Å². The summed E-state index contributed by atoms with van der Waals surface area (Å²) in [5, 5.41) is 37.7. The van der Waals surface area contributed by atoms with Crippen molar-refractivity contribution in [3.63, 3.8) is 0 Å². The van der Waals surface area contributed by atoms with Gasteiger partial charge in [0, 0.05) is 0 Å². The molecule has 2 rings (SSSR count). The molecular formula is C12H16O6. The number of aliphatic hydroxyl groups excluding tert-OH is 4. The van der Waals surface area contributed by atoms with Gasteiger partial charge in [0.1, 0.15) is 30.2 Å². The number of hydrogen-bond donors (Lipinski definition) is 4. The molecule has 0 spiro atoms. The van der Waals surface area contributed by atoms with Crippen LogP contribution < -0.4 is 4.74 Å². The van der Waals surface area contributed by atoms with Crippen LogP contribution in [0.4, 0.5) is 0 Å². The molecule has 6 nitrogen and oxygen atoms in total. The van der Waals surface area contributed by atoms with E-state index in [1.54, 1.807) is 24.3 Å². The van der Waals surface area contributed by atoms with E-state index in [2.05, 4.69) is 0 Å². The van der Waals surface area contributed by atoms with Crippen LogP contribution in [-0.2, 0) is 4.74 Å². The molecule has 1 heterocycles. The molecular weight excluding hydrogens is 240 g/mol. The van der Waals surface area contributed by atoms with Crippen LogP contribution in [-0.4, -0.2) is 57.7 Å². The van der Waals surface area contributed by atoms with Gasteiger partial charge >= 0.3 is 0 Å². The van der Waals surface area contributed by atoms with Crippen LogP contribution in [0.2, 0.25) is 0 Å². The average Bonchev–Trinajstić information content (AvgIpc) is 2.67. The van der Waals surface area contributed by atoms with Gasteiger partial charge in [0.15, 0.2) is 0 Å². The molecule has 1 aromatic carbocycles. The van der Waals surface area contributed by atoms with Crippen LogP contribution in [0.25, 0.3) is 0 Å². The van der Waals surface area contributed by atoms with Crippen molar-refractivity contribution in [3.05, 3.63) is 30.3 Å². The van der Waals surface area contributed by atoms with Gasteiger partial charge < -0.3 is 29.9 Å². The summed E-state index contributed by atoms with van der Waals surface area (Å²) in [6.45, 7) is -0.563. The fraction of sp³-hybridized carbons (Fsp3) is 0.500. The Kier molecular flexibility index (Phi) is 4.15. The maximum atomic E-state index is 9.74. The summed E-state index contributed by atoms with van der Waals surface area (Å²) in [5.74, 6) is 0.480. The van der Waals surface area contributed by atoms with Crippen molar-refractivity contribution in [2.45, 2.75) is 30.7 Å². The van der Waals surface area contributed by atoms with Crippen molar-refractivity contribution in [1.82, 2.24) is 0 Å². The normalized spacial score (nSPS) is 33.3. The minimum absolute atomic E-state index is 0.480. The van der Waals surface area contributed by atoms with Gasteiger partial charge in [-0.25, -0.2) is 0 Å². The van der Waals surface area contributed by atoms with E-state index in [1.165, 1.54) is 0 Å². The predicted octanol–water partition coefficient (Wildman–Crippen LogP) is -1.13. The largest absolute Gasteiger partial charge is 0.462 e. The van der Waals surface area contributed by atoms with Crippen molar-refractivity contribution < 1.29 is 29.9 Å². The van der Waals surface area contributed by atoms with Crippen molar-refractivity contribution >= 4 is 0 Å². The summed E-state index contributed by atoms with van der Waals surface area (Å²) < 4.78 is 10.6. The number of hydrogen-bond acceptors (Lipinski definition) is 6. The molecule has 0 amide bonds. The number of benzene rings is 1. The van der Waals surface area contributed by atoms with Crippen LogP contribution in [0.1, 0.15) is 0 Å². The van der Waals surface area contributed by atoms with Gasteiger partial charge in [-0.3, -0.25) is 0 Å². The highest BCUT2D eigenvalue weighted by molar-refractivity contribution is 5.21. The summed E-state index contributed by atoms with van der Waals surface area (Å²) in [6, 6.07) is 8.68. The van der Waals surface area contributed by atoms with Gasteiger partial charge in [0.2, 0.25) is 6.29 Å². The van der Waals surface area contributed by atoms with E-state index in [9.17, 15) is 15.3 Å². The molecule has 0 saturated carbocycles. The first-order valence-electron chi connectivity index (χ1n) is 5.65. The molecule has 1 saturated heterocycles. The van der Waals surface area contributed by atoms with Gasteiger partial charge in [0.25, 0.3) is 0 Å². The molecule has 1 aliphatic heterocycles. The Morgan fingerprint density at radius 3 is 2.44 bits per heavy atom. The second-order valence-corrected chi connectivity index (χ2v) is 4.13. The molecule has 0 bridgehead atoms. The second-order valence-electron chi connectivity index (χ2n) is 4.13. The minimum Gasteiger partial charge on any atom is -0.462 e. The van der Waals surface area contributed by atoms with E-state index in [4.69, 9.17) is 14.6 Å². The highest BCUT2D eigenvalue weighted by atomic mass is 16.7. The van der Waals surface area contributed by atoms with E-state index in [0.717, 1.165) is 0 Å². The van der Waals surface area contributed by atoms with E-state index in [-0.39, 0.29) is 0 Å². The highest BCUT2D eigenvalue weighted by Gasteiger charge is 2.47. The van der Waals surface area contributed by atoms with Crippen LogP contribution in [0, 0.1) is 0 Å². The zero-order valence-corrected chi connectivity index (χ0v) is 9.59.